The zero-order valence-electron chi connectivity index (χ0n) is 9.72. The number of carbonyl (C=O) groups excluding carboxylic acids is 1. The van der Waals surface area contributed by atoms with Gasteiger partial charge in [0.25, 0.3) is 0 Å². The van der Waals surface area contributed by atoms with E-state index in [1.165, 1.54) is 45.2 Å². The average Bonchev–Trinajstić information content (AvgIpc) is 2.26. The molecule has 86 valence electrons. The maximum Gasteiger partial charge on any atom is 0.216 e. The van der Waals surface area contributed by atoms with Gasteiger partial charge in [-0.05, 0) is 32.1 Å². The molecule has 3 heteroatoms. The molecule has 0 aromatic heterocycles. The van der Waals surface area contributed by atoms with Crippen molar-refractivity contribution in [1.29, 1.82) is 0 Å². The van der Waals surface area contributed by atoms with Crippen LogP contribution in [-0.4, -0.2) is 31.6 Å². The van der Waals surface area contributed by atoms with Crippen molar-refractivity contribution in [3.63, 3.8) is 0 Å². The number of rotatable bonds is 2. The van der Waals surface area contributed by atoms with Crippen LogP contribution in [0.2, 0.25) is 0 Å². The van der Waals surface area contributed by atoms with Crippen molar-refractivity contribution >= 4 is 5.91 Å². The Morgan fingerprint density at radius 1 is 1.27 bits per heavy atom. The summed E-state index contributed by atoms with van der Waals surface area (Å²) < 4.78 is 0. The third-order valence-corrected chi connectivity index (χ3v) is 4.04. The van der Waals surface area contributed by atoms with Crippen LogP contribution in [0.15, 0.2) is 0 Å². The molecule has 15 heavy (non-hydrogen) atoms. The second kappa shape index (κ2) is 4.97. The first kappa shape index (κ1) is 10.9. The molecule has 2 aliphatic heterocycles. The molecule has 1 unspecified atom stereocenters. The summed E-state index contributed by atoms with van der Waals surface area (Å²) in [7, 11) is 0. The number of hydrogen-bond acceptors (Lipinski definition) is 1. The molecule has 0 bridgehead atoms. The summed E-state index contributed by atoms with van der Waals surface area (Å²) in [6, 6.07) is 0.833. The van der Waals surface area contributed by atoms with E-state index < -0.39 is 0 Å². The third-order valence-electron chi connectivity index (χ3n) is 4.04. The Morgan fingerprint density at radius 3 is 2.87 bits per heavy atom. The van der Waals surface area contributed by atoms with Crippen molar-refractivity contribution in [3.05, 3.63) is 0 Å². The first-order valence-corrected chi connectivity index (χ1v) is 6.36. The highest BCUT2D eigenvalue weighted by molar-refractivity contribution is 5.72. The summed E-state index contributed by atoms with van der Waals surface area (Å²) in [6.45, 7) is 5.25. The van der Waals surface area contributed by atoms with E-state index in [4.69, 9.17) is 0 Å². The van der Waals surface area contributed by atoms with E-state index in [9.17, 15) is 4.79 Å². The summed E-state index contributed by atoms with van der Waals surface area (Å²) in [5.74, 6) is 0.857. The lowest BCUT2D eigenvalue weighted by Crippen LogP contribution is -3.18. The van der Waals surface area contributed by atoms with Crippen molar-refractivity contribution in [2.24, 2.45) is 5.92 Å². The molecular weight excluding hydrogens is 188 g/mol. The molecule has 0 aromatic carbocycles. The van der Waals surface area contributed by atoms with Crippen molar-refractivity contribution in [3.8, 4) is 0 Å². The van der Waals surface area contributed by atoms with Crippen molar-refractivity contribution < 1.29 is 9.69 Å². The molecule has 2 heterocycles. The first-order valence-electron chi connectivity index (χ1n) is 6.36. The Labute approximate surface area is 92.2 Å². The van der Waals surface area contributed by atoms with E-state index in [1.807, 2.05) is 4.90 Å². The largest absolute Gasteiger partial charge is 0.356 e. The minimum absolute atomic E-state index is 0.123. The maximum absolute atomic E-state index is 10.9. The molecule has 0 radical (unpaired) electrons. The minimum atomic E-state index is 0.123. The predicted molar refractivity (Wildman–Crippen MR) is 59.7 cm³/mol. The molecule has 2 N–H and O–H groups in total. The number of amides is 1. The molecule has 2 rings (SSSR count). The molecule has 1 amide bonds. The van der Waals surface area contributed by atoms with Crippen LogP contribution in [0.4, 0.5) is 0 Å². The lowest BCUT2D eigenvalue weighted by atomic mass is 9.83. The topological polar surface area (TPSA) is 33.5 Å². The molecule has 2 fully saturated rings. The van der Waals surface area contributed by atoms with Crippen molar-refractivity contribution in [2.75, 3.05) is 19.6 Å². The Balaban J connectivity index is 1.88. The van der Waals surface area contributed by atoms with Gasteiger partial charge in [0, 0.05) is 19.4 Å². The number of quaternary nitrogens is 1. The molecule has 0 spiro atoms. The van der Waals surface area contributed by atoms with Gasteiger partial charge in [-0.25, -0.2) is 0 Å². The van der Waals surface area contributed by atoms with Crippen LogP contribution in [0.3, 0.4) is 0 Å². The van der Waals surface area contributed by atoms with E-state index in [-0.39, 0.29) is 5.91 Å². The maximum atomic E-state index is 10.9. The zero-order chi connectivity index (χ0) is 10.7. The predicted octanol–water partition coefficient (Wildman–Crippen LogP) is -0.0301. The summed E-state index contributed by atoms with van der Waals surface area (Å²) >= 11 is 0. The molecule has 3 atom stereocenters. The van der Waals surface area contributed by atoms with Gasteiger partial charge >= 0.3 is 0 Å². The van der Waals surface area contributed by atoms with Crippen LogP contribution in [0.5, 0.6) is 0 Å². The highest BCUT2D eigenvalue weighted by atomic mass is 16.1. The van der Waals surface area contributed by atoms with Crippen LogP contribution >= 0.6 is 0 Å². The SMILES string of the molecule is CC(=O)NC[C@H]1CCC[NH+]2CCCC[C@H]12. The summed E-state index contributed by atoms with van der Waals surface area (Å²) in [4.78, 5) is 12.7. The molecule has 0 saturated carbocycles. The monoisotopic (exact) mass is 211 g/mol. The molecule has 2 aliphatic rings. The summed E-state index contributed by atoms with van der Waals surface area (Å²) in [6.07, 6.45) is 6.83. The van der Waals surface area contributed by atoms with Crippen molar-refractivity contribution in [1.82, 2.24) is 5.32 Å². The van der Waals surface area contributed by atoms with E-state index in [2.05, 4.69) is 5.32 Å². The summed E-state index contributed by atoms with van der Waals surface area (Å²) in [5.41, 5.74) is 0. The van der Waals surface area contributed by atoms with Crippen LogP contribution in [0.1, 0.15) is 39.0 Å². The molecular formula is C12H23N2O+. The van der Waals surface area contributed by atoms with Gasteiger partial charge in [-0.2, -0.15) is 0 Å². The molecule has 0 aliphatic carbocycles. The second-order valence-corrected chi connectivity index (χ2v) is 5.10. The fraction of sp³-hybridized carbons (Fsp3) is 0.917. The van der Waals surface area contributed by atoms with E-state index in [1.54, 1.807) is 6.92 Å². The molecule has 3 nitrogen and oxygen atoms in total. The van der Waals surface area contributed by atoms with E-state index in [0.29, 0.717) is 0 Å². The second-order valence-electron chi connectivity index (χ2n) is 5.10. The van der Waals surface area contributed by atoms with Crippen LogP contribution in [0, 0.1) is 5.92 Å². The van der Waals surface area contributed by atoms with Crippen LogP contribution in [0.25, 0.3) is 0 Å². The van der Waals surface area contributed by atoms with Gasteiger partial charge < -0.3 is 10.2 Å². The normalized spacial score (nSPS) is 35.7. The van der Waals surface area contributed by atoms with E-state index >= 15 is 0 Å². The number of piperidine rings is 2. The zero-order valence-corrected chi connectivity index (χ0v) is 9.72. The quantitative estimate of drug-likeness (QED) is 0.661. The average molecular weight is 211 g/mol. The lowest BCUT2D eigenvalue weighted by molar-refractivity contribution is -0.939. The Bertz CT molecular complexity index is 228. The van der Waals surface area contributed by atoms with Gasteiger partial charge in [0.15, 0.2) is 0 Å². The van der Waals surface area contributed by atoms with Gasteiger partial charge in [0.2, 0.25) is 5.91 Å². The highest BCUT2D eigenvalue weighted by Gasteiger charge is 2.36. The Kier molecular flexibility index (Phi) is 3.62. The van der Waals surface area contributed by atoms with Gasteiger partial charge in [0.1, 0.15) is 0 Å². The van der Waals surface area contributed by atoms with Gasteiger partial charge in [-0.3, -0.25) is 4.79 Å². The lowest BCUT2D eigenvalue weighted by Gasteiger charge is -2.41. The minimum Gasteiger partial charge on any atom is -0.356 e. The van der Waals surface area contributed by atoms with Gasteiger partial charge in [-0.15, -0.1) is 0 Å². The van der Waals surface area contributed by atoms with Crippen molar-refractivity contribution in [2.45, 2.75) is 45.1 Å². The van der Waals surface area contributed by atoms with E-state index in [0.717, 1.165) is 18.5 Å². The summed E-state index contributed by atoms with van der Waals surface area (Å²) in [5, 5.41) is 3.00. The fourth-order valence-electron chi connectivity index (χ4n) is 3.30. The number of fused-ring (bicyclic) bond motifs is 1. The third kappa shape index (κ3) is 2.71. The van der Waals surface area contributed by atoms with Gasteiger partial charge in [0.05, 0.1) is 19.1 Å². The molecule has 2 saturated heterocycles. The first-order chi connectivity index (χ1) is 7.27. The smallest absolute Gasteiger partial charge is 0.216 e. The Hall–Kier alpha value is -0.570. The fourth-order valence-corrected chi connectivity index (χ4v) is 3.30. The standard InChI is InChI=1S/C12H22N2O/c1-10(15)13-9-11-5-4-8-14-7-3-2-6-12(11)14/h11-12H,2-9H2,1H3,(H,13,15)/p+1/t11-,12-/m1/s1. The number of hydrogen-bond donors (Lipinski definition) is 2. The van der Waals surface area contributed by atoms with Crippen LogP contribution in [-0.2, 0) is 4.79 Å². The molecule has 0 aromatic rings. The number of carbonyl (C=O) groups is 1. The number of nitrogens with one attached hydrogen (secondary N) is 2. The Morgan fingerprint density at radius 2 is 2.07 bits per heavy atom. The van der Waals surface area contributed by atoms with Gasteiger partial charge in [-0.1, -0.05) is 0 Å². The highest BCUT2D eigenvalue weighted by Crippen LogP contribution is 2.19. The van der Waals surface area contributed by atoms with Crippen LogP contribution < -0.4 is 10.2 Å².